The highest BCUT2D eigenvalue weighted by molar-refractivity contribution is 5.93. The van der Waals surface area contributed by atoms with Gasteiger partial charge in [0.15, 0.2) is 11.3 Å². The lowest BCUT2D eigenvalue weighted by Gasteiger charge is -2.25. The summed E-state index contributed by atoms with van der Waals surface area (Å²) in [6.45, 7) is 0. The van der Waals surface area contributed by atoms with E-state index in [0.717, 1.165) is 18.4 Å². The first-order valence-corrected chi connectivity index (χ1v) is 8.58. The Bertz CT molecular complexity index is 1010. The summed E-state index contributed by atoms with van der Waals surface area (Å²) in [6, 6.07) is 6.78. The van der Waals surface area contributed by atoms with E-state index in [1.54, 1.807) is 35.0 Å². The summed E-state index contributed by atoms with van der Waals surface area (Å²) in [4.78, 5) is 35.3. The first-order chi connectivity index (χ1) is 12.5. The number of carbonyl (C=O) groups excluding carboxylic acids is 1. The Morgan fingerprint density at radius 1 is 1.19 bits per heavy atom. The van der Waals surface area contributed by atoms with Crippen molar-refractivity contribution >= 4 is 17.2 Å². The molecule has 0 aliphatic heterocycles. The van der Waals surface area contributed by atoms with Crippen LogP contribution in [0.2, 0.25) is 0 Å². The molecule has 0 bridgehead atoms. The van der Waals surface area contributed by atoms with Crippen molar-refractivity contribution in [3.8, 4) is 11.3 Å². The van der Waals surface area contributed by atoms with Crippen molar-refractivity contribution in [1.29, 1.82) is 0 Å². The van der Waals surface area contributed by atoms with E-state index >= 15 is 0 Å². The van der Waals surface area contributed by atoms with Crippen LogP contribution < -0.4 is 11.4 Å². The maximum absolute atomic E-state index is 12.4. The van der Waals surface area contributed by atoms with Crippen LogP contribution in [0.4, 0.5) is 0 Å². The topological polar surface area (TPSA) is 127 Å². The van der Waals surface area contributed by atoms with Crippen LogP contribution in [0, 0.1) is 0 Å². The number of carbonyl (C=O) groups is 1. The maximum atomic E-state index is 12.4. The number of primary amides is 1. The normalized spacial score (nSPS) is 20.3. The number of nitrogens with one attached hydrogen (secondary N) is 1. The molecule has 0 atom stereocenters. The van der Waals surface area contributed by atoms with Gasteiger partial charge >= 0.3 is 5.69 Å². The molecular formula is C18H19N5O3. The number of fused-ring (bicyclic) bond motifs is 1. The third kappa shape index (κ3) is 2.88. The number of aliphatic hydroxyl groups excluding tert-OH is 1. The molecule has 1 aliphatic carbocycles. The Kier molecular flexibility index (Phi) is 4.04. The molecule has 2 aromatic heterocycles. The second-order valence-electron chi connectivity index (χ2n) is 6.63. The van der Waals surface area contributed by atoms with Crippen LogP contribution in [0.5, 0.6) is 0 Å². The summed E-state index contributed by atoms with van der Waals surface area (Å²) >= 11 is 0. The molecule has 1 fully saturated rings. The number of nitrogens with two attached hydrogens (primary N) is 1. The predicted octanol–water partition coefficient (Wildman–Crippen LogP) is 1.36. The van der Waals surface area contributed by atoms with Gasteiger partial charge in [0.25, 0.3) is 0 Å². The average molecular weight is 353 g/mol. The van der Waals surface area contributed by atoms with Crippen LogP contribution in [0.15, 0.2) is 35.3 Å². The first-order valence-electron chi connectivity index (χ1n) is 8.58. The quantitative estimate of drug-likeness (QED) is 0.655. The van der Waals surface area contributed by atoms with Crippen LogP contribution >= 0.6 is 0 Å². The summed E-state index contributed by atoms with van der Waals surface area (Å²) < 4.78 is 1.65. The van der Waals surface area contributed by atoms with E-state index in [2.05, 4.69) is 15.0 Å². The van der Waals surface area contributed by atoms with Gasteiger partial charge in [0.05, 0.1) is 18.0 Å². The summed E-state index contributed by atoms with van der Waals surface area (Å²) in [5.41, 5.74) is 7.79. The summed E-state index contributed by atoms with van der Waals surface area (Å²) in [6.07, 6.45) is 4.10. The van der Waals surface area contributed by atoms with Gasteiger partial charge in [0.2, 0.25) is 5.91 Å². The number of hydrogen-bond acceptors (Lipinski definition) is 5. The number of benzene rings is 1. The van der Waals surface area contributed by atoms with Crippen LogP contribution in [0.1, 0.15) is 42.1 Å². The molecule has 0 radical (unpaired) electrons. The van der Waals surface area contributed by atoms with E-state index in [9.17, 15) is 14.7 Å². The molecule has 1 aromatic carbocycles. The highest BCUT2D eigenvalue weighted by Crippen LogP contribution is 2.29. The van der Waals surface area contributed by atoms with E-state index in [4.69, 9.17) is 5.73 Å². The highest BCUT2D eigenvalue weighted by atomic mass is 16.3. The molecular weight excluding hydrogens is 334 g/mol. The minimum Gasteiger partial charge on any atom is -0.393 e. The van der Waals surface area contributed by atoms with Gasteiger partial charge in [-0.1, -0.05) is 12.1 Å². The van der Waals surface area contributed by atoms with Gasteiger partial charge < -0.3 is 10.8 Å². The standard InChI is InChI=1S/C18H19N5O3/c19-15(25)11-3-1-10(2-4-11)14-9-20-16-17(21-14)23(18(26)22-16)12-5-7-13(24)8-6-12/h1-4,9,12-13,24H,5-8H2,(H2,19,25)(H,20,22,26). The highest BCUT2D eigenvalue weighted by Gasteiger charge is 2.25. The zero-order chi connectivity index (χ0) is 18.3. The van der Waals surface area contributed by atoms with Crippen molar-refractivity contribution in [2.24, 2.45) is 5.73 Å². The second-order valence-corrected chi connectivity index (χ2v) is 6.63. The Labute approximate surface area is 148 Å². The Balaban J connectivity index is 1.75. The number of imidazole rings is 1. The van der Waals surface area contributed by atoms with Crippen LogP contribution in [0.3, 0.4) is 0 Å². The van der Waals surface area contributed by atoms with Crippen LogP contribution in [0.25, 0.3) is 22.6 Å². The molecule has 1 amide bonds. The van der Waals surface area contributed by atoms with Crippen molar-refractivity contribution in [3.05, 3.63) is 46.5 Å². The van der Waals surface area contributed by atoms with Crippen molar-refractivity contribution in [3.63, 3.8) is 0 Å². The fourth-order valence-corrected chi connectivity index (χ4v) is 3.49. The minimum atomic E-state index is -0.489. The minimum absolute atomic E-state index is 0.00133. The molecule has 1 saturated carbocycles. The summed E-state index contributed by atoms with van der Waals surface area (Å²) in [5.74, 6) is -0.489. The average Bonchev–Trinajstić information content (AvgIpc) is 2.97. The molecule has 3 aromatic rings. The molecule has 0 unspecified atom stereocenters. The summed E-state index contributed by atoms with van der Waals surface area (Å²) in [7, 11) is 0. The lowest BCUT2D eigenvalue weighted by molar-refractivity contribution is 0.1000. The largest absolute Gasteiger partial charge is 0.393 e. The smallest absolute Gasteiger partial charge is 0.329 e. The molecule has 0 spiro atoms. The van der Waals surface area contributed by atoms with Crippen LogP contribution in [-0.4, -0.2) is 36.6 Å². The van der Waals surface area contributed by atoms with E-state index in [1.165, 1.54) is 0 Å². The van der Waals surface area contributed by atoms with E-state index in [0.29, 0.717) is 35.4 Å². The molecule has 0 saturated heterocycles. The Morgan fingerprint density at radius 2 is 1.88 bits per heavy atom. The van der Waals surface area contributed by atoms with Gasteiger partial charge in [0.1, 0.15) is 0 Å². The first kappa shape index (κ1) is 16.5. The Morgan fingerprint density at radius 3 is 2.54 bits per heavy atom. The summed E-state index contributed by atoms with van der Waals surface area (Å²) in [5, 5.41) is 9.71. The number of rotatable bonds is 3. The van der Waals surface area contributed by atoms with Gasteiger partial charge in [0, 0.05) is 17.2 Å². The number of aromatic nitrogens is 4. The lowest BCUT2D eigenvalue weighted by atomic mass is 9.93. The Hall–Kier alpha value is -3.00. The molecule has 26 heavy (non-hydrogen) atoms. The molecule has 4 rings (SSSR count). The zero-order valence-corrected chi connectivity index (χ0v) is 14.1. The van der Waals surface area contributed by atoms with E-state index < -0.39 is 5.91 Å². The number of nitrogens with zero attached hydrogens (tertiary/aromatic N) is 3. The number of aromatic amines is 1. The van der Waals surface area contributed by atoms with Gasteiger partial charge in [-0.25, -0.2) is 14.8 Å². The van der Waals surface area contributed by atoms with Crippen molar-refractivity contribution in [2.75, 3.05) is 0 Å². The number of amides is 1. The van der Waals surface area contributed by atoms with Gasteiger partial charge in [-0.3, -0.25) is 14.3 Å². The number of aliphatic hydroxyl groups is 1. The van der Waals surface area contributed by atoms with E-state index in [1.807, 2.05) is 0 Å². The maximum Gasteiger partial charge on any atom is 0.329 e. The molecule has 134 valence electrons. The lowest BCUT2D eigenvalue weighted by Crippen LogP contribution is -2.27. The third-order valence-corrected chi connectivity index (χ3v) is 4.92. The van der Waals surface area contributed by atoms with Crippen molar-refractivity contribution in [1.82, 2.24) is 19.5 Å². The SMILES string of the molecule is NC(=O)c1ccc(-c2cnc3[nH]c(=O)n(C4CCC(O)CC4)c3n2)cc1. The third-order valence-electron chi connectivity index (χ3n) is 4.92. The molecule has 2 heterocycles. The molecule has 4 N–H and O–H groups in total. The van der Waals surface area contributed by atoms with Gasteiger partial charge in [-0.15, -0.1) is 0 Å². The predicted molar refractivity (Wildman–Crippen MR) is 95.6 cm³/mol. The second kappa shape index (κ2) is 6.38. The molecule has 8 heteroatoms. The monoisotopic (exact) mass is 353 g/mol. The van der Waals surface area contributed by atoms with Gasteiger partial charge in [-0.2, -0.15) is 0 Å². The zero-order valence-electron chi connectivity index (χ0n) is 14.1. The van der Waals surface area contributed by atoms with Crippen LogP contribution in [-0.2, 0) is 0 Å². The van der Waals surface area contributed by atoms with E-state index in [-0.39, 0.29) is 17.8 Å². The fraction of sp³-hybridized carbons (Fsp3) is 0.333. The molecule has 1 aliphatic rings. The van der Waals surface area contributed by atoms with Crippen molar-refractivity contribution in [2.45, 2.75) is 37.8 Å². The number of H-pyrrole nitrogens is 1. The molecule has 8 nitrogen and oxygen atoms in total. The fourth-order valence-electron chi connectivity index (χ4n) is 3.49. The number of hydrogen-bond donors (Lipinski definition) is 3. The van der Waals surface area contributed by atoms with Gasteiger partial charge in [-0.05, 0) is 37.8 Å². The van der Waals surface area contributed by atoms with Crippen molar-refractivity contribution < 1.29 is 9.90 Å².